The third-order valence-electron chi connectivity index (χ3n) is 3.84. The topological polar surface area (TPSA) is 48.1 Å². The van der Waals surface area contributed by atoms with Gasteiger partial charge in [0.25, 0.3) is 0 Å². The van der Waals surface area contributed by atoms with Gasteiger partial charge in [-0.1, -0.05) is 30.3 Å². The van der Waals surface area contributed by atoms with Crippen LogP contribution >= 0.6 is 11.3 Å². The zero-order chi connectivity index (χ0) is 16.2. The van der Waals surface area contributed by atoms with Gasteiger partial charge in [-0.15, -0.1) is 11.3 Å². The summed E-state index contributed by atoms with van der Waals surface area (Å²) in [6, 6.07) is 14.4. The van der Waals surface area contributed by atoms with Gasteiger partial charge >= 0.3 is 0 Å². The molecule has 0 saturated carbocycles. The number of benzene rings is 2. The van der Waals surface area contributed by atoms with Gasteiger partial charge in [-0.05, 0) is 42.7 Å². The van der Waals surface area contributed by atoms with Gasteiger partial charge in [-0.2, -0.15) is 0 Å². The van der Waals surface area contributed by atoms with E-state index in [0.717, 1.165) is 27.6 Å². The largest absolute Gasteiger partial charge is 0.488 e. The molecular weight excluding hydrogens is 304 g/mol. The van der Waals surface area contributed by atoms with Gasteiger partial charge in [0.05, 0.1) is 5.69 Å². The minimum atomic E-state index is 0.468. The fraction of sp³-hybridized carbons (Fsp3) is 0.211. The number of hydrogen-bond acceptors (Lipinski definition) is 4. The molecule has 0 fully saturated rings. The lowest BCUT2D eigenvalue weighted by Gasteiger charge is -2.13. The van der Waals surface area contributed by atoms with Crippen molar-refractivity contribution in [2.45, 2.75) is 27.0 Å². The average molecular weight is 324 g/mol. The highest BCUT2D eigenvalue weighted by atomic mass is 32.1. The van der Waals surface area contributed by atoms with E-state index in [-0.39, 0.29) is 0 Å². The maximum Gasteiger partial charge on any atom is 0.129 e. The Morgan fingerprint density at radius 2 is 1.83 bits per heavy atom. The summed E-state index contributed by atoms with van der Waals surface area (Å²) in [5, 5.41) is 2.98. The van der Waals surface area contributed by atoms with Crippen LogP contribution in [0.2, 0.25) is 0 Å². The van der Waals surface area contributed by atoms with Crippen LogP contribution in [0.15, 0.2) is 47.8 Å². The lowest BCUT2D eigenvalue weighted by Crippen LogP contribution is -1.99. The molecule has 2 aromatic carbocycles. The molecule has 3 aromatic rings. The van der Waals surface area contributed by atoms with Crippen molar-refractivity contribution >= 4 is 11.3 Å². The quantitative estimate of drug-likeness (QED) is 0.753. The summed E-state index contributed by atoms with van der Waals surface area (Å²) >= 11 is 1.59. The molecule has 0 radical (unpaired) electrons. The first-order chi connectivity index (χ1) is 11.2. The van der Waals surface area contributed by atoms with E-state index in [1.807, 2.05) is 23.6 Å². The summed E-state index contributed by atoms with van der Waals surface area (Å²) in [5.41, 5.74) is 11.2. The lowest BCUT2D eigenvalue weighted by atomic mass is 10.0. The minimum absolute atomic E-state index is 0.468. The molecule has 1 aromatic heterocycles. The summed E-state index contributed by atoms with van der Waals surface area (Å²) in [7, 11) is 0. The molecule has 1 heterocycles. The summed E-state index contributed by atoms with van der Waals surface area (Å²) in [6.45, 7) is 5.22. The standard InChI is InChI=1S/C19H20N2OS/c1-13-8-16(17-12-23-19(10-20)21-17)18(9-14(13)2)22-11-15-6-4-3-5-7-15/h3-9,12H,10-11,20H2,1-2H3. The van der Waals surface area contributed by atoms with E-state index >= 15 is 0 Å². The van der Waals surface area contributed by atoms with Crippen LogP contribution in [0.5, 0.6) is 5.75 Å². The maximum atomic E-state index is 6.09. The third kappa shape index (κ3) is 3.60. The van der Waals surface area contributed by atoms with E-state index in [1.54, 1.807) is 11.3 Å². The van der Waals surface area contributed by atoms with Crippen molar-refractivity contribution in [3.8, 4) is 17.0 Å². The fourth-order valence-corrected chi connectivity index (χ4v) is 3.05. The molecule has 118 valence electrons. The minimum Gasteiger partial charge on any atom is -0.488 e. The van der Waals surface area contributed by atoms with Gasteiger partial charge < -0.3 is 10.5 Å². The first-order valence-electron chi connectivity index (χ1n) is 7.60. The highest BCUT2D eigenvalue weighted by molar-refractivity contribution is 7.09. The van der Waals surface area contributed by atoms with Gasteiger partial charge in [0, 0.05) is 17.5 Å². The Balaban J connectivity index is 1.93. The molecular formula is C19H20N2OS. The molecule has 3 rings (SSSR count). The van der Waals surface area contributed by atoms with Crippen LogP contribution < -0.4 is 10.5 Å². The van der Waals surface area contributed by atoms with Crippen LogP contribution in [-0.4, -0.2) is 4.98 Å². The number of hydrogen-bond donors (Lipinski definition) is 1. The number of thiazole rings is 1. The Kier molecular flexibility index (Phi) is 4.74. The van der Waals surface area contributed by atoms with E-state index in [4.69, 9.17) is 10.5 Å². The number of nitrogens with zero attached hydrogens (tertiary/aromatic N) is 1. The third-order valence-corrected chi connectivity index (χ3v) is 4.71. The van der Waals surface area contributed by atoms with Crippen LogP contribution in [0.3, 0.4) is 0 Å². The molecule has 0 aliphatic heterocycles. The Labute approximate surface area is 140 Å². The Bertz CT molecular complexity index is 796. The second-order valence-electron chi connectivity index (χ2n) is 5.54. The van der Waals surface area contributed by atoms with Crippen LogP contribution in [0.1, 0.15) is 21.7 Å². The first kappa shape index (κ1) is 15.7. The van der Waals surface area contributed by atoms with Gasteiger partial charge in [0.15, 0.2) is 0 Å². The molecule has 4 heteroatoms. The van der Waals surface area contributed by atoms with Gasteiger partial charge in [0.2, 0.25) is 0 Å². The van der Waals surface area contributed by atoms with E-state index in [2.05, 4.69) is 43.1 Å². The summed E-state index contributed by atoms with van der Waals surface area (Å²) in [5.74, 6) is 0.867. The van der Waals surface area contributed by atoms with Crippen molar-refractivity contribution in [1.82, 2.24) is 4.98 Å². The Hall–Kier alpha value is -2.17. The van der Waals surface area contributed by atoms with Crippen molar-refractivity contribution in [1.29, 1.82) is 0 Å². The first-order valence-corrected chi connectivity index (χ1v) is 8.48. The average Bonchev–Trinajstić information content (AvgIpc) is 3.05. The monoisotopic (exact) mass is 324 g/mol. The predicted octanol–water partition coefficient (Wildman–Crippen LogP) is 4.46. The van der Waals surface area contributed by atoms with Crippen molar-refractivity contribution in [3.63, 3.8) is 0 Å². The second kappa shape index (κ2) is 6.94. The van der Waals surface area contributed by atoms with Crippen molar-refractivity contribution in [3.05, 3.63) is 69.5 Å². The number of aryl methyl sites for hydroxylation is 2. The molecule has 0 aliphatic rings. The molecule has 3 nitrogen and oxygen atoms in total. The number of rotatable bonds is 5. The Morgan fingerprint density at radius 1 is 1.09 bits per heavy atom. The molecule has 0 spiro atoms. The SMILES string of the molecule is Cc1cc(OCc2ccccc2)c(-c2csc(CN)n2)cc1C. The van der Waals surface area contributed by atoms with E-state index in [1.165, 1.54) is 11.1 Å². The summed E-state index contributed by atoms with van der Waals surface area (Å²) < 4.78 is 6.09. The van der Waals surface area contributed by atoms with Gasteiger partial charge in [0.1, 0.15) is 17.4 Å². The van der Waals surface area contributed by atoms with Crippen LogP contribution in [0.25, 0.3) is 11.3 Å². The lowest BCUT2D eigenvalue weighted by molar-refractivity contribution is 0.307. The smallest absolute Gasteiger partial charge is 0.129 e. The van der Waals surface area contributed by atoms with E-state index < -0.39 is 0 Å². The van der Waals surface area contributed by atoms with E-state index in [9.17, 15) is 0 Å². The van der Waals surface area contributed by atoms with Crippen molar-refractivity contribution in [2.24, 2.45) is 5.73 Å². The molecule has 0 bridgehead atoms. The number of ether oxygens (including phenoxy) is 1. The van der Waals surface area contributed by atoms with Crippen LogP contribution in [0, 0.1) is 13.8 Å². The zero-order valence-electron chi connectivity index (χ0n) is 13.4. The molecule has 0 saturated heterocycles. The Morgan fingerprint density at radius 3 is 2.52 bits per heavy atom. The zero-order valence-corrected chi connectivity index (χ0v) is 14.2. The van der Waals surface area contributed by atoms with Crippen molar-refractivity contribution in [2.75, 3.05) is 0 Å². The number of nitrogens with two attached hydrogens (primary N) is 1. The predicted molar refractivity (Wildman–Crippen MR) is 95.7 cm³/mol. The normalized spacial score (nSPS) is 10.7. The highest BCUT2D eigenvalue weighted by Gasteiger charge is 2.12. The van der Waals surface area contributed by atoms with Gasteiger partial charge in [-0.25, -0.2) is 4.98 Å². The summed E-state index contributed by atoms with van der Waals surface area (Å²) in [4.78, 5) is 4.60. The molecule has 0 atom stereocenters. The molecule has 2 N–H and O–H groups in total. The van der Waals surface area contributed by atoms with Gasteiger partial charge in [-0.3, -0.25) is 0 Å². The number of aromatic nitrogens is 1. The molecule has 23 heavy (non-hydrogen) atoms. The summed E-state index contributed by atoms with van der Waals surface area (Å²) in [6.07, 6.45) is 0. The van der Waals surface area contributed by atoms with Crippen LogP contribution in [-0.2, 0) is 13.2 Å². The van der Waals surface area contributed by atoms with Crippen molar-refractivity contribution < 1.29 is 4.74 Å². The molecule has 0 unspecified atom stereocenters. The van der Waals surface area contributed by atoms with E-state index in [0.29, 0.717) is 13.2 Å². The highest BCUT2D eigenvalue weighted by Crippen LogP contribution is 2.34. The molecule has 0 amide bonds. The fourth-order valence-electron chi connectivity index (χ4n) is 2.37. The maximum absolute atomic E-state index is 6.09. The molecule has 0 aliphatic carbocycles. The second-order valence-corrected chi connectivity index (χ2v) is 6.48. The van der Waals surface area contributed by atoms with Crippen LogP contribution in [0.4, 0.5) is 0 Å².